The van der Waals surface area contributed by atoms with Crippen molar-refractivity contribution in [2.75, 3.05) is 7.11 Å². The average molecular weight is 402 g/mol. The molecule has 4 nitrogen and oxygen atoms in total. The van der Waals surface area contributed by atoms with Gasteiger partial charge in [0, 0.05) is 29.3 Å². The maximum Gasteiger partial charge on any atom is 0.336 e. The van der Waals surface area contributed by atoms with E-state index in [1.54, 1.807) is 0 Å². The number of methoxy groups -OCH3 is 1. The third-order valence-corrected chi connectivity index (χ3v) is 6.23. The Morgan fingerprint density at radius 3 is 2.37 bits per heavy atom. The molecule has 154 valence electrons. The van der Waals surface area contributed by atoms with E-state index >= 15 is 0 Å². The van der Waals surface area contributed by atoms with Crippen molar-refractivity contribution in [3.05, 3.63) is 93.8 Å². The summed E-state index contributed by atoms with van der Waals surface area (Å²) in [4.78, 5) is 26.1. The maximum absolute atomic E-state index is 13.4. The van der Waals surface area contributed by atoms with E-state index in [1.807, 2.05) is 37.3 Å². The molecule has 2 atom stereocenters. The highest BCUT2D eigenvalue weighted by molar-refractivity contribution is 6.04. The van der Waals surface area contributed by atoms with E-state index in [4.69, 9.17) is 4.74 Å². The van der Waals surface area contributed by atoms with Crippen molar-refractivity contribution in [3.8, 4) is 0 Å². The number of nitrogens with one attached hydrogen (secondary N) is 1. The van der Waals surface area contributed by atoms with Crippen molar-refractivity contribution in [2.24, 2.45) is 0 Å². The number of rotatable bonds is 4. The first-order valence-electron chi connectivity index (χ1n) is 10.5. The smallest absolute Gasteiger partial charge is 0.336 e. The van der Waals surface area contributed by atoms with Crippen molar-refractivity contribution in [1.82, 2.24) is 5.32 Å². The number of allylic oxidation sites excluding steroid dienone is 3. The summed E-state index contributed by atoms with van der Waals surface area (Å²) < 4.78 is 5.09. The molecule has 0 saturated heterocycles. The zero-order chi connectivity index (χ0) is 21.3. The van der Waals surface area contributed by atoms with Crippen molar-refractivity contribution >= 4 is 11.8 Å². The van der Waals surface area contributed by atoms with Crippen LogP contribution in [-0.4, -0.2) is 18.9 Å². The van der Waals surface area contributed by atoms with Crippen LogP contribution >= 0.6 is 0 Å². The number of benzene rings is 2. The summed E-state index contributed by atoms with van der Waals surface area (Å²) in [7, 11) is 1.39. The average Bonchev–Trinajstić information content (AvgIpc) is 2.78. The number of hydrogen-bond acceptors (Lipinski definition) is 4. The lowest BCUT2D eigenvalue weighted by molar-refractivity contribution is -0.136. The van der Waals surface area contributed by atoms with Crippen molar-refractivity contribution in [3.63, 3.8) is 0 Å². The number of aryl methyl sites for hydroxylation is 1. The van der Waals surface area contributed by atoms with E-state index in [-0.39, 0.29) is 11.7 Å². The Balaban J connectivity index is 1.80. The van der Waals surface area contributed by atoms with E-state index in [0.29, 0.717) is 17.6 Å². The molecule has 1 aliphatic carbocycles. The van der Waals surface area contributed by atoms with Gasteiger partial charge in [0.25, 0.3) is 0 Å². The van der Waals surface area contributed by atoms with Crippen LogP contribution in [-0.2, 0) is 20.7 Å². The third-order valence-electron chi connectivity index (χ3n) is 6.23. The van der Waals surface area contributed by atoms with E-state index < -0.39 is 11.9 Å². The minimum atomic E-state index is -0.399. The maximum atomic E-state index is 13.4. The van der Waals surface area contributed by atoms with Crippen LogP contribution < -0.4 is 5.32 Å². The van der Waals surface area contributed by atoms with Crippen LogP contribution in [0.2, 0.25) is 0 Å². The van der Waals surface area contributed by atoms with Crippen LogP contribution in [0.3, 0.4) is 0 Å². The Morgan fingerprint density at radius 2 is 1.73 bits per heavy atom. The number of dihydropyridines is 1. The highest BCUT2D eigenvalue weighted by atomic mass is 16.5. The second-order valence-corrected chi connectivity index (χ2v) is 8.01. The lowest BCUT2D eigenvalue weighted by atomic mass is 9.71. The summed E-state index contributed by atoms with van der Waals surface area (Å²) in [5, 5.41) is 3.37. The normalized spacial score (nSPS) is 21.2. The molecule has 2 aromatic rings. The number of hydrogen-bond donors (Lipinski definition) is 1. The molecule has 4 rings (SSSR count). The molecule has 0 radical (unpaired) electrons. The molecule has 0 saturated carbocycles. The number of ketones is 1. The summed E-state index contributed by atoms with van der Waals surface area (Å²) in [6, 6.07) is 18.4. The lowest BCUT2D eigenvalue weighted by Crippen LogP contribution is -2.36. The zero-order valence-electron chi connectivity index (χ0n) is 17.7. The van der Waals surface area contributed by atoms with Crippen LogP contribution in [0.4, 0.5) is 0 Å². The van der Waals surface area contributed by atoms with Gasteiger partial charge in [-0.3, -0.25) is 4.79 Å². The van der Waals surface area contributed by atoms with E-state index in [1.165, 1.54) is 18.2 Å². The first-order valence-corrected chi connectivity index (χ1v) is 10.5. The standard InChI is InChI=1S/C26H27NO3/c1-4-17-10-12-19(13-11-17)24-23(26(29)30-3)16(2)27-21-14-20(15-22(28)25(21)24)18-8-6-5-7-9-18/h5-13,20,24,27H,4,14-15H2,1-3H3/t20-,24+/m1/s1. The van der Waals surface area contributed by atoms with Crippen molar-refractivity contribution < 1.29 is 14.3 Å². The van der Waals surface area contributed by atoms with Crippen LogP contribution in [0.25, 0.3) is 0 Å². The van der Waals surface area contributed by atoms with Crippen LogP contribution in [0.5, 0.6) is 0 Å². The molecule has 0 aromatic heterocycles. The van der Waals surface area contributed by atoms with Crippen LogP contribution in [0, 0.1) is 0 Å². The Labute approximate surface area is 177 Å². The SMILES string of the molecule is CCc1ccc([C@H]2C(C(=O)OC)=C(C)NC3=C2C(=O)C[C@H](c2ccccc2)C3)cc1. The molecular formula is C26H27NO3. The quantitative estimate of drug-likeness (QED) is 0.749. The third kappa shape index (κ3) is 3.58. The zero-order valence-corrected chi connectivity index (χ0v) is 17.7. The van der Waals surface area contributed by atoms with Gasteiger partial charge in [0.2, 0.25) is 0 Å². The van der Waals surface area contributed by atoms with Gasteiger partial charge >= 0.3 is 5.97 Å². The Morgan fingerprint density at radius 1 is 1.03 bits per heavy atom. The highest BCUT2D eigenvalue weighted by Gasteiger charge is 2.41. The Hall–Kier alpha value is -3.14. The second-order valence-electron chi connectivity index (χ2n) is 8.01. The molecule has 4 heteroatoms. The summed E-state index contributed by atoms with van der Waals surface area (Å²) >= 11 is 0. The number of esters is 1. The van der Waals surface area contributed by atoms with Gasteiger partial charge in [-0.25, -0.2) is 4.79 Å². The Bertz CT molecular complexity index is 1030. The minimum Gasteiger partial charge on any atom is -0.466 e. The van der Waals surface area contributed by atoms with Gasteiger partial charge in [-0.05, 0) is 42.4 Å². The number of carbonyl (C=O) groups excluding carboxylic acids is 2. The number of Topliss-reactive ketones (excluding diaryl/α,β-unsaturated/α-hetero) is 1. The van der Waals surface area contributed by atoms with Gasteiger partial charge in [-0.1, -0.05) is 61.5 Å². The second kappa shape index (κ2) is 8.31. The first-order chi connectivity index (χ1) is 14.5. The molecule has 0 spiro atoms. The molecule has 0 bridgehead atoms. The van der Waals surface area contributed by atoms with Crippen LogP contribution in [0.1, 0.15) is 55.2 Å². The molecular weight excluding hydrogens is 374 g/mol. The Kier molecular flexibility index (Phi) is 5.58. The molecule has 1 aliphatic heterocycles. The van der Waals surface area contributed by atoms with E-state index in [0.717, 1.165) is 29.8 Å². The van der Waals surface area contributed by atoms with Gasteiger partial charge in [-0.15, -0.1) is 0 Å². The first kappa shape index (κ1) is 20.1. The van der Waals surface area contributed by atoms with E-state index in [2.05, 4.69) is 36.5 Å². The summed E-state index contributed by atoms with van der Waals surface area (Å²) in [6.07, 6.45) is 2.14. The van der Waals surface area contributed by atoms with Crippen LogP contribution in [0.15, 0.2) is 77.1 Å². The largest absolute Gasteiger partial charge is 0.466 e. The molecule has 1 heterocycles. The molecule has 0 fully saturated rings. The molecule has 0 amide bonds. The minimum absolute atomic E-state index is 0.0936. The van der Waals surface area contributed by atoms with Crippen molar-refractivity contribution in [1.29, 1.82) is 0 Å². The molecule has 2 aromatic carbocycles. The summed E-state index contributed by atoms with van der Waals surface area (Å²) in [5.74, 6) is -0.561. The molecule has 1 N–H and O–H groups in total. The molecule has 0 unspecified atom stereocenters. The lowest BCUT2D eigenvalue weighted by Gasteiger charge is -2.36. The predicted molar refractivity (Wildman–Crippen MR) is 117 cm³/mol. The number of ether oxygens (including phenoxy) is 1. The van der Waals surface area contributed by atoms with Gasteiger partial charge in [0.15, 0.2) is 5.78 Å². The van der Waals surface area contributed by atoms with Gasteiger partial charge in [0.05, 0.1) is 12.7 Å². The highest BCUT2D eigenvalue weighted by Crippen LogP contribution is 2.45. The fraction of sp³-hybridized carbons (Fsp3) is 0.308. The summed E-state index contributed by atoms with van der Waals surface area (Å²) in [5.41, 5.74) is 6.25. The van der Waals surface area contributed by atoms with Crippen molar-refractivity contribution in [2.45, 2.75) is 44.9 Å². The van der Waals surface area contributed by atoms with Gasteiger partial charge in [-0.2, -0.15) is 0 Å². The molecule has 2 aliphatic rings. The summed E-state index contributed by atoms with van der Waals surface area (Å²) in [6.45, 7) is 4.00. The van der Waals surface area contributed by atoms with Gasteiger partial charge < -0.3 is 10.1 Å². The fourth-order valence-electron chi connectivity index (χ4n) is 4.66. The topological polar surface area (TPSA) is 55.4 Å². The fourth-order valence-corrected chi connectivity index (χ4v) is 4.66. The van der Waals surface area contributed by atoms with Gasteiger partial charge in [0.1, 0.15) is 0 Å². The van der Waals surface area contributed by atoms with E-state index in [9.17, 15) is 9.59 Å². The predicted octanol–water partition coefficient (Wildman–Crippen LogP) is 4.78. The molecule has 30 heavy (non-hydrogen) atoms. The number of carbonyl (C=O) groups is 2. The monoisotopic (exact) mass is 401 g/mol.